The van der Waals surface area contributed by atoms with E-state index >= 15 is 0 Å². The number of amides is 3. The van der Waals surface area contributed by atoms with Crippen molar-refractivity contribution < 1.29 is 44.7 Å². The Balaban J connectivity index is 2.65. The minimum atomic E-state index is -1.19. The molecule has 2 rings (SSSR count). The molecule has 1 saturated heterocycles. The van der Waals surface area contributed by atoms with Crippen LogP contribution in [0.25, 0.3) is 0 Å². The van der Waals surface area contributed by atoms with Crippen molar-refractivity contribution in [3.63, 3.8) is 0 Å². The number of rotatable bonds is 11. The predicted octanol–water partition coefficient (Wildman–Crippen LogP) is -0.626. The molecule has 12 nitrogen and oxygen atoms in total. The Morgan fingerprint density at radius 1 is 0.941 bits per heavy atom. The number of nitrogens with one attached hydrogen (secondary N) is 2. The van der Waals surface area contributed by atoms with E-state index in [-0.39, 0.29) is 53.1 Å². The summed E-state index contributed by atoms with van der Waals surface area (Å²) >= 11 is 5.61. The highest BCUT2D eigenvalue weighted by atomic mass is 127. The lowest BCUT2D eigenvalue weighted by Gasteiger charge is -2.27. The number of cyclic esters (lactones) is 1. The second-order valence-corrected chi connectivity index (χ2v) is 10.5. The standard InChI is InChI=1S/C19H24I3N3O9/c20-13-11(17(31)23-3-9(29)5-27)14(21)16(25-8(1-2-26)7-34-19(25)33)15(22)12(13)18(32)24-4-10(30)6-28/h8-10,26-30H,1-7H2,(H,23,31)(H,24,32). The maximum atomic E-state index is 13.1. The largest absolute Gasteiger partial charge is 0.447 e. The summed E-state index contributed by atoms with van der Waals surface area (Å²) < 4.78 is 6.10. The fourth-order valence-electron chi connectivity index (χ4n) is 3.08. The highest BCUT2D eigenvalue weighted by Gasteiger charge is 2.39. The Labute approximate surface area is 235 Å². The smallest absolute Gasteiger partial charge is 0.414 e. The lowest BCUT2D eigenvalue weighted by molar-refractivity contribution is 0.0798. The number of aliphatic hydroxyl groups is 5. The van der Waals surface area contributed by atoms with Gasteiger partial charge < -0.3 is 40.9 Å². The zero-order valence-corrected chi connectivity index (χ0v) is 24.1. The molecule has 34 heavy (non-hydrogen) atoms. The minimum absolute atomic E-state index is 0.0198. The van der Waals surface area contributed by atoms with Gasteiger partial charge in [0, 0.05) is 23.3 Å². The zero-order valence-electron chi connectivity index (χ0n) is 17.6. The summed E-state index contributed by atoms with van der Waals surface area (Å²) in [5.74, 6) is -1.29. The zero-order chi connectivity index (χ0) is 25.6. The average molecular weight is 819 g/mol. The summed E-state index contributed by atoms with van der Waals surface area (Å²) in [4.78, 5) is 40.0. The molecular formula is C19H24I3N3O9. The van der Waals surface area contributed by atoms with Crippen LogP contribution in [0, 0.1) is 10.7 Å². The van der Waals surface area contributed by atoms with Crippen molar-refractivity contribution in [2.24, 2.45) is 0 Å². The molecule has 3 amide bonds. The third-order valence-corrected chi connectivity index (χ3v) is 8.01. The van der Waals surface area contributed by atoms with Crippen molar-refractivity contribution in [3.05, 3.63) is 21.8 Å². The number of hydrogen-bond donors (Lipinski definition) is 7. The van der Waals surface area contributed by atoms with Crippen LogP contribution in [0.15, 0.2) is 0 Å². The fraction of sp³-hybridized carbons (Fsp3) is 0.526. The van der Waals surface area contributed by atoms with E-state index in [1.807, 2.05) is 67.8 Å². The molecule has 1 fully saturated rings. The molecule has 0 radical (unpaired) electrons. The van der Waals surface area contributed by atoms with Gasteiger partial charge in [-0.15, -0.1) is 0 Å². The Kier molecular flexibility index (Phi) is 11.9. The van der Waals surface area contributed by atoms with Crippen LogP contribution < -0.4 is 15.5 Å². The number of carbonyl (C=O) groups is 3. The molecule has 1 aliphatic rings. The van der Waals surface area contributed by atoms with Crippen LogP contribution >= 0.6 is 67.8 Å². The van der Waals surface area contributed by atoms with Crippen LogP contribution in [-0.2, 0) is 4.74 Å². The topological polar surface area (TPSA) is 189 Å². The Morgan fingerprint density at radius 3 is 1.82 bits per heavy atom. The van der Waals surface area contributed by atoms with Gasteiger partial charge in [-0.05, 0) is 74.2 Å². The van der Waals surface area contributed by atoms with Crippen LogP contribution in [0.5, 0.6) is 0 Å². The highest BCUT2D eigenvalue weighted by molar-refractivity contribution is 14.1. The Bertz CT molecular complexity index is 881. The average Bonchev–Trinajstić information content (AvgIpc) is 3.15. The van der Waals surface area contributed by atoms with Crippen LogP contribution in [0.1, 0.15) is 27.1 Å². The number of anilines is 1. The summed E-state index contributed by atoms with van der Waals surface area (Å²) in [6.07, 6.45) is -2.86. The van der Waals surface area contributed by atoms with Gasteiger partial charge in [-0.25, -0.2) is 4.79 Å². The van der Waals surface area contributed by atoms with Gasteiger partial charge in [0.2, 0.25) is 0 Å². The molecule has 1 aromatic carbocycles. The molecule has 0 bridgehead atoms. The first kappa shape index (κ1) is 29.6. The Morgan fingerprint density at radius 2 is 1.41 bits per heavy atom. The fourth-order valence-corrected chi connectivity index (χ4v) is 7.75. The number of hydrogen-bond acceptors (Lipinski definition) is 9. The van der Waals surface area contributed by atoms with Gasteiger partial charge in [-0.3, -0.25) is 14.5 Å². The number of benzene rings is 1. The van der Waals surface area contributed by atoms with E-state index in [2.05, 4.69) is 10.6 Å². The summed E-state index contributed by atoms with van der Waals surface area (Å²) in [7, 11) is 0. The number of halogens is 3. The second-order valence-electron chi connectivity index (χ2n) is 7.25. The summed E-state index contributed by atoms with van der Waals surface area (Å²) in [6.45, 7) is -1.80. The van der Waals surface area contributed by atoms with E-state index in [4.69, 9.17) is 14.9 Å². The summed E-state index contributed by atoms with van der Waals surface area (Å²) in [5, 5.41) is 51.7. The van der Waals surface area contributed by atoms with Gasteiger partial charge in [-0.1, -0.05) is 0 Å². The van der Waals surface area contributed by atoms with Gasteiger partial charge in [-0.2, -0.15) is 0 Å². The van der Waals surface area contributed by atoms with Crippen LogP contribution in [0.4, 0.5) is 10.5 Å². The molecule has 1 aromatic rings. The first-order valence-electron chi connectivity index (χ1n) is 10.00. The monoisotopic (exact) mass is 819 g/mol. The van der Waals surface area contributed by atoms with Crippen molar-refractivity contribution in [2.45, 2.75) is 24.7 Å². The van der Waals surface area contributed by atoms with Crippen molar-refractivity contribution in [2.75, 3.05) is 44.4 Å². The molecule has 1 aliphatic heterocycles. The van der Waals surface area contributed by atoms with Gasteiger partial charge >= 0.3 is 6.09 Å². The SMILES string of the molecule is O=C(NCC(O)CO)c1c(I)c(C(=O)NCC(O)CO)c(I)c(N2C(=O)OCC2CCO)c1I. The van der Waals surface area contributed by atoms with Crippen molar-refractivity contribution in [1.29, 1.82) is 0 Å². The van der Waals surface area contributed by atoms with Gasteiger partial charge in [0.25, 0.3) is 11.8 Å². The van der Waals surface area contributed by atoms with E-state index in [1.54, 1.807) is 0 Å². The van der Waals surface area contributed by atoms with E-state index in [1.165, 1.54) is 4.90 Å². The summed E-state index contributed by atoms with van der Waals surface area (Å²) in [6, 6.07) is -0.529. The third-order valence-electron chi connectivity index (χ3n) is 4.83. The van der Waals surface area contributed by atoms with Crippen molar-refractivity contribution in [3.8, 4) is 0 Å². The maximum absolute atomic E-state index is 13.1. The number of nitrogens with zero attached hydrogens (tertiary/aromatic N) is 1. The molecule has 7 N–H and O–H groups in total. The molecule has 3 unspecified atom stereocenters. The van der Waals surface area contributed by atoms with Crippen LogP contribution in [0.3, 0.4) is 0 Å². The first-order valence-corrected chi connectivity index (χ1v) is 13.2. The quantitative estimate of drug-likeness (QED) is 0.143. The molecule has 190 valence electrons. The van der Waals surface area contributed by atoms with E-state index in [0.717, 1.165) is 0 Å². The molecule has 0 saturated carbocycles. The van der Waals surface area contributed by atoms with Crippen LogP contribution in [-0.4, -0.2) is 101 Å². The van der Waals surface area contributed by atoms with Gasteiger partial charge in [0.15, 0.2) is 0 Å². The normalized spacial score (nSPS) is 17.4. The lowest BCUT2D eigenvalue weighted by Crippen LogP contribution is -2.39. The van der Waals surface area contributed by atoms with Crippen LogP contribution in [0.2, 0.25) is 0 Å². The number of carbonyl (C=O) groups excluding carboxylic acids is 3. The molecule has 3 atom stereocenters. The maximum Gasteiger partial charge on any atom is 0.414 e. The second kappa shape index (κ2) is 13.7. The number of ether oxygens (including phenoxy) is 1. The molecule has 0 aliphatic carbocycles. The van der Waals surface area contributed by atoms with Crippen molar-refractivity contribution >= 4 is 91.4 Å². The van der Waals surface area contributed by atoms with Crippen molar-refractivity contribution in [1.82, 2.24) is 10.6 Å². The van der Waals surface area contributed by atoms with Gasteiger partial charge in [0.1, 0.15) is 6.61 Å². The number of aliphatic hydroxyl groups excluding tert-OH is 5. The molecular weight excluding hydrogens is 795 g/mol. The first-order chi connectivity index (χ1) is 16.1. The third kappa shape index (κ3) is 6.79. The van der Waals surface area contributed by atoms with E-state index < -0.39 is 49.4 Å². The molecule has 0 aromatic heterocycles. The minimum Gasteiger partial charge on any atom is -0.447 e. The molecule has 0 spiro atoms. The lowest BCUT2D eigenvalue weighted by atomic mass is 10.1. The van der Waals surface area contributed by atoms with Gasteiger partial charge in [0.05, 0.1) is 55.4 Å². The molecule has 1 heterocycles. The van der Waals surface area contributed by atoms with E-state index in [0.29, 0.717) is 7.14 Å². The van der Waals surface area contributed by atoms with E-state index in [9.17, 15) is 29.7 Å². The Hall–Kier alpha value is -0.580. The molecule has 15 heteroatoms. The highest BCUT2D eigenvalue weighted by Crippen LogP contribution is 2.40. The summed E-state index contributed by atoms with van der Waals surface area (Å²) in [5.41, 5.74) is 0.386. The predicted molar refractivity (Wildman–Crippen MR) is 145 cm³/mol.